The summed E-state index contributed by atoms with van der Waals surface area (Å²) in [4.78, 5) is 25.4. The molecule has 0 aliphatic carbocycles. The van der Waals surface area contributed by atoms with Crippen molar-refractivity contribution in [2.45, 2.75) is 26.2 Å². The summed E-state index contributed by atoms with van der Waals surface area (Å²) in [6, 6.07) is 7.84. The van der Waals surface area contributed by atoms with Crippen LogP contribution in [0.4, 0.5) is 5.82 Å². The molecule has 1 amide bonds. The van der Waals surface area contributed by atoms with E-state index in [1.807, 2.05) is 44.2 Å². The zero-order valence-corrected chi connectivity index (χ0v) is 16.8. The number of hydrogen-bond donors (Lipinski definition) is 3. The number of H-pyrrole nitrogens is 1. The van der Waals surface area contributed by atoms with Gasteiger partial charge in [-0.3, -0.25) is 4.79 Å². The first-order chi connectivity index (χ1) is 14.0. The number of aromatic nitrogens is 3. The summed E-state index contributed by atoms with van der Waals surface area (Å²) in [6.45, 7) is 12.9. The van der Waals surface area contributed by atoms with E-state index in [0.29, 0.717) is 18.7 Å². The Balaban J connectivity index is 1.83. The molecule has 0 radical (unpaired) electrons. The first-order valence-corrected chi connectivity index (χ1v) is 9.76. The number of allylic oxidation sites excluding steroid dienone is 1. The molecule has 0 bridgehead atoms. The van der Waals surface area contributed by atoms with Gasteiger partial charge in [0.25, 0.3) is 5.91 Å². The summed E-state index contributed by atoms with van der Waals surface area (Å²) in [5, 5.41) is 6.27. The van der Waals surface area contributed by atoms with Crippen molar-refractivity contribution in [2.75, 3.05) is 18.4 Å². The summed E-state index contributed by atoms with van der Waals surface area (Å²) >= 11 is 0. The van der Waals surface area contributed by atoms with E-state index in [2.05, 4.69) is 28.8 Å². The van der Waals surface area contributed by atoms with E-state index in [1.165, 1.54) is 0 Å². The third-order valence-corrected chi connectivity index (χ3v) is 5.18. The third kappa shape index (κ3) is 3.53. The van der Waals surface area contributed by atoms with Crippen molar-refractivity contribution in [1.29, 1.82) is 0 Å². The van der Waals surface area contributed by atoms with Gasteiger partial charge in [0.05, 0.1) is 16.8 Å². The quantitative estimate of drug-likeness (QED) is 0.550. The molecule has 29 heavy (non-hydrogen) atoms. The molecule has 4 rings (SSSR count). The lowest BCUT2D eigenvalue weighted by Gasteiger charge is -2.21. The van der Waals surface area contributed by atoms with E-state index < -0.39 is 0 Å². The lowest BCUT2D eigenvalue weighted by atomic mass is 9.94. The zero-order valence-electron chi connectivity index (χ0n) is 16.8. The number of nitrogens with zero attached hydrogens (tertiary/aromatic N) is 2. The number of rotatable bonds is 6. The van der Waals surface area contributed by atoms with Gasteiger partial charge in [0.1, 0.15) is 11.3 Å². The molecule has 3 aromatic rings. The predicted octanol–water partition coefficient (Wildman–Crippen LogP) is 4.32. The Labute approximate surface area is 170 Å². The molecular formula is C23H25N5O. The summed E-state index contributed by atoms with van der Waals surface area (Å²) in [5.74, 6) is 0.894. The minimum atomic E-state index is -0.0474. The van der Waals surface area contributed by atoms with Crippen LogP contribution in [0.5, 0.6) is 0 Å². The van der Waals surface area contributed by atoms with Gasteiger partial charge in [-0.25, -0.2) is 9.97 Å². The topological polar surface area (TPSA) is 82.7 Å². The molecule has 0 fully saturated rings. The van der Waals surface area contributed by atoms with Gasteiger partial charge >= 0.3 is 0 Å². The SMILES string of the molecule is C=CCC1CNC(=O)c2cc(-c3cccc4nc(C)c(NCC(=C)C)nc34)[nH]c21. The van der Waals surface area contributed by atoms with E-state index in [1.54, 1.807) is 0 Å². The lowest BCUT2D eigenvalue weighted by molar-refractivity contribution is 0.0940. The first kappa shape index (κ1) is 18.9. The van der Waals surface area contributed by atoms with Crippen molar-refractivity contribution in [3.63, 3.8) is 0 Å². The van der Waals surface area contributed by atoms with Crippen LogP contribution in [0.1, 0.15) is 41.0 Å². The third-order valence-electron chi connectivity index (χ3n) is 5.18. The van der Waals surface area contributed by atoms with Crippen molar-refractivity contribution in [3.8, 4) is 11.3 Å². The molecular weight excluding hydrogens is 362 g/mol. The Kier molecular flexibility index (Phi) is 4.92. The van der Waals surface area contributed by atoms with Crippen LogP contribution in [0.15, 0.2) is 49.1 Å². The number of carbonyl (C=O) groups is 1. The normalized spacial score (nSPS) is 15.7. The second-order valence-electron chi connectivity index (χ2n) is 7.58. The highest BCUT2D eigenvalue weighted by Crippen LogP contribution is 2.33. The smallest absolute Gasteiger partial charge is 0.253 e. The van der Waals surface area contributed by atoms with Crippen molar-refractivity contribution in [1.82, 2.24) is 20.3 Å². The van der Waals surface area contributed by atoms with Crippen LogP contribution >= 0.6 is 0 Å². The number of fused-ring (bicyclic) bond motifs is 2. The van der Waals surface area contributed by atoms with Gasteiger partial charge < -0.3 is 15.6 Å². The van der Waals surface area contributed by atoms with Crippen LogP contribution in [0.25, 0.3) is 22.3 Å². The number of aromatic amines is 1. The standard InChI is InChI=1S/C23H25N5O/c1-5-7-15-12-25-23(29)17-10-19(27-20(15)17)16-8-6-9-18-21(16)28-22(14(4)26-18)24-11-13(2)3/h5-6,8-10,15,27H,1-2,7,11-12H2,3-4H3,(H,24,28)(H,25,29). The molecule has 1 unspecified atom stereocenters. The summed E-state index contributed by atoms with van der Waals surface area (Å²) < 4.78 is 0. The van der Waals surface area contributed by atoms with Crippen molar-refractivity contribution < 1.29 is 4.79 Å². The van der Waals surface area contributed by atoms with Crippen molar-refractivity contribution >= 4 is 22.8 Å². The number of amides is 1. The molecule has 1 atom stereocenters. The van der Waals surface area contributed by atoms with Crippen LogP contribution in [0.3, 0.4) is 0 Å². The Morgan fingerprint density at radius 2 is 2.17 bits per heavy atom. The van der Waals surface area contributed by atoms with Crippen LogP contribution < -0.4 is 10.6 Å². The van der Waals surface area contributed by atoms with Crippen LogP contribution in [0, 0.1) is 6.92 Å². The molecule has 1 aliphatic rings. The maximum atomic E-state index is 12.4. The minimum absolute atomic E-state index is 0.0474. The van der Waals surface area contributed by atoms with E-state index >= 15 is 0 Å². The molecule has 3 heterocycles. The fourth-order valence-corrected chi connectivity index (χ4v) is 3.73. The highest BCUT2D eigenvalue weighted by molar-refractivity contribution is 6.00. The summed E-state index contributed by atoms with van der Waals surface area (Å²) in [5.41, 5.74) is 6.92. The monoisotopic (exact) mass is 387 g/mol. The average Bonchev–Trinajstić information content (AvgIpc) is 3.14. The summed E-state index contributed by atoms with van der Waals surface area (Å²) in [6.07, 6.45) is 2.69. The molecule has 1 aliphatic heterocycles. The van der Waals surface area contributed by atoms with Gasteiger partial charge in [-0.05, 0) is 32.4 Å². The highest BCUT2D eigenvalue weighted by atomic mass is 16.1. The van der Waals surface area contributed by atoms with E-state index in [9.17, 15) is 4.79 Å². The Hall–Kier alpha value is -3.41. The molecule has 6 heteroatoms. The first-order valence-electron chi connectivity index (χ1n) is 9.76. The Morgan fingerprint density at radius 3 is 2.93 bits per heavy atom. The number of hydrogen-bond acceptors (Lipinski definition) is 4. The Morgan fingerprint density at radius 1 is 1.34 bits per heavy atom. The van der Waals surface area contributed by atoms with Gasteiger partial charge in [0.15, 0.2) is 0 Å². The zero-order chi connectivity index (χ0) is 20.5. The number of nitrogens with one attached hydrogen (secondary N) is 3. The molecule has 2 aromatic heterocycles. The van der Waals surface area contributed by atoms with Gasteiger partial charge in [0.2, 0.25) is 0 Å². The second-order valence-corrected chi connectivity index (χ2v) is 7.58. The fraction of sp³-hybridized carbons (Fsp3) is 0.261. The second kappa shape index (κ2) is 7.54. The maximum Gasteiger partial charge on any atom is 0.253 e. The van der Waals surface area contributed by atoms with Gasteiger partial charge in [-0.2, -0.15) is 0 Å². The predicted molar refractivity (Wildman–Crippen MR) is 117 cm³/mol. The van der Waals surface area contributed by atoms with Crippen molar-refractivity contribution in [2.24, 2.45) is 0 Å². The molecule has 1 aromatic carbocycles. The van der Waals surface area contributed by atoms with Gasteiger partial charge in [0, 0.05) is 36.0 Å². The lowest BCUT2D eigenvalue weighted by Crippen LogP contribution is -2.34. The maximum absolute atomic E-state index is 12.4. The van der Waals surface area contributed by atoms with Crippen LogP contribution in [0.2, 0.25) is 0 Å². The molecule has 0 spiro atoms. The largest absolute Gasteiger partial charge is 0.365 e. The number of para-hydroxylation sites is 1. The number of anilines is 1. The van der Waals surface area contributed by atoms with Gasteiger partial charge in [-0.1, -0.05) is 30.4 Å². The Bertz CT molecular complexity index is 1130. The highest BCUT2D eigenvalue weighted by Gasteiger charge is 2.27. The number of benzene rings is 1. The van der Waals surface area contributed by atoms with Crippen LogP contribution in [-0.4, -0.2) is 33.9 Å². The van der Waals surface area contributed by atoms with E-state index in [0.717, 1.165) is 51.5 Å². The molecule has 6 nitrogen and oxygen atoms in total. The molecule has 0 saturated heterocycles. The molecule has 148 valence electrons. The molecule has 3 N–H and O–H groups in total. The van der Waals surface area contributed by atoms with E-state index in [4.69, 9.17) is 9.97 Å². The van der Waals surface area contributed by atoms with Gasteiger partial charge in [-0.15, -0.1) is 6.58 Å². The summed E-state index contributed by atoms with van der Waals surface area (Å²) in [7, 11) is 0. The van der Waals surface area contributed by atoms with E-state index in [-0.39, 0.29) is 11.8 Å². The number of aryl methyl sites for hydroxylation is 1. The molecule has 0 saturated carbocycles. The van der Waals surface area contributed by atoms with Crippen LogP contribution in [-0.2, 0) is 0 Å². The fourth-order valence-electron chi connectivity index (χ4n) is 3.73. The van der Waals surface area contributed by atoms with Crippen molar-refractivity contribution in [3.05, 3.63) is 66.0 Å². The minimum Gasteiger partial charge on any atom is -0.365 e. The average molecular weight is 387 g/mol. The number of carbonyl (C=O) groups excluding carboxylic acids is 1.